The van der Waals surface area contributed by atoms with Crippen LogP contribution >= 0.6 is 0 Å². The van der Waals surface area contributed by atoms with Crippen molar-refractivity contribution in [2.45, 2.75) is 6.92 Å². The molecule has 0 saturated carbocycles. The summed E-state index contributed by atoms with van der Waals surface area (Å²) in [6, 6.07) is 83.8. The molecule has 0 heteroatoms. The molecule has 0 aliphatic rings. The molecule has 0 amide bonds. The van der Waals surface area contributed by atoms with Crippen molar-refractivity contribution >= 4 is 86.2 Å². The molecule has 0 saturated heterocycles. The lowest BCUT2D eigenvalue weighted by molar-refractivity contribution is 1.54. The van der Waals surface area contributed by atoms with Gasteiger partial charge in [0.05, 0.1) is 0 Å². The molecular weight excluding hydrogens is 757 g/mol. The first-order valence-corrected chi connectivity index (χ1v) is 22.0. The Hall–Kier alpha value is -8.06. The summed E-state index contributed by atoms with van der Waals surface area (Å²) in [5.41, 5.74) is 11.3. The monoisotopic (exact) mass is 796 g/mol. The van der Waals surface area contributed by atoms with E-state index in [1.165, 1.54) is 136 Å². The van der Waals surface area contributed by atoms with Gasteiger partial charge in [-0.1, -0.05) is 194 Å². The van der Waals surface area contributed by atoms with Gasteiger partial charge in [0, 0.05) is 0 Å². The number of hydrogen-bond donors (Lipinski definition) is 0. The lowest BCUT2D eigenvalue weighted by Crippen LogP contribution is -1.92. The Balaban J connectivity index is 0.995. The standard InChI is InChI=1S/C63H40/c1-39-14-9-25-48-47(39)32-30-44-37-58-42(35-59(44)48)18-11-26-50(58)49-27-13-28-51-52(49)33-31-45-38-61-43(36-60(45)51)19-12-29-57(61)63-55-23-7-5-21-53(55)62(54-22-6-8-24-56(54)63)46-20-10-17-41(34-46)40-15-3-2-4-16-40/h2-38H,1H3. The summed E-state index contributed by atoms with van der Waals surface area (Å²) in [5, 5.41) is 20.4. The second-order valence-corrected chi connectivity index (χ2v) is 17.2. The van der Waals surface area contributed by atoms with E-state index in [0.717, 1.165) is 0 Å². The zero-order chi connectivity index (χ0) is 41.6. The summed E-state index contributed by atoms with van der Waals surface area (Å²) < 4.78 is 0. The van der Waals surface area contributed by atoms with Crippen LogP contribution in [0.3, 0.4) is 0 Å². The number of benzene rings is 13. The molecule has 13 aromatic rings. The van der Waals surface area contributed by atoms with E-state index in [9.17, 15) is 0 Å². The number of fused-ring (bicyclic) bond motifs is 10. The van der Waals surface area contributed by atoms with Crippen molar-refractivity contribution < 1.29 is 0 Å². The van der Waals surface area contributed by atoms with Crippen molar-refractivity contribution in [1.29, 1.82) is 0 Å². The van der Waals surface area contributed by atoms with Gasteiger partial charge in [-0.15, -0.1) is 0 Å². The van der Waals surface area contributed by atoms with E-state index in [4.69, 9.17) is 0 Å². The first-order chi connectivity index (χ1) is 31.2. The first kappa shape index (κ1) is 35.7. The van der Waals surface area contributed by atoms with Crippen LogP contribution in [0, 0.1) is 6.92 Å². The van der Waals surface area contributed by atoms with E-state index in [0.29, 0.717) is 0 Å². The van der Waals surface area contributed by atoms with Gasteiger partial charge in [0.25, 0.3) is 0 Å². The van der Waals surface area contributed by atoms with Gasteiger partial charge in [-0.2, -0.15) is 0 Å². The predicted molar refractivity (Wildman–Crippen MR) is 273 cm³/mol. The molecule has 0 nitrogen and oxygen atoms in total. The second kappa shape index (κ2) is 14.0. The first-order valence-electron chi connectivity index (χ1n) is 22.0. The van der Waals surface area contributed by atoms with E-state index in [1.807, 2.05) is 0 Å². The highest BCUT2D eigenvalue weighted by Gasteiger charge is 2.19. The second-order valence-electron chi connectivity index (χ2n) is 17.2. The van der Waals surface area contributed by atoms with Crippen molar-refractivity contribution in [3.8, 4) is 44.5 Å². The average Bonchev–Trinajstić information content (AvgIpc) is 3.34. The lowest BCUT2D eigenvalue weighted by atomic mass is 9.84. The van der Waals surface area contributed by atoms with Crippen molar-refractivity contribution in [2.24, 2.45) is 0 Å². The van der Waals surface area contributed by atoms with Gasteiger partial charge in [0.2, 0.25) is 0 Å². The van der Waals surface area contributed by atoms with Gasteiger partial charge < -0.3 is 0 Å². The smallest absolute Gasteiger partial charge is 0.00201 e. The molecule has 0 aliphatic heterocycles. The third-order valence-electron chi connectivity index (χ3n) is 13.7. The Morgan fingerprint density at radius 1 is 0.206 bits per heavy atom. The van der Waals surface area contributed by atoms with Crippen LogP contribution < -0.4 is 0 Å². The Morgan fingerprint density at radius 3 is 1.30 bits per heavy atom. The van der Waals surface area contributed by atoms with Gasteiger partial charge in [-0.25, -0.2) is 0 Å². The van der Waals surface area contributed by atoms with Gasteiger partial charge >= 0.3 is 0 Å². The minimum absolute atomic E-state index is 1.22. The quantitative estimate of drug-likeness (QED) is 0.123. The maximum Gasteiger partial charge on any atom is -0.00201 e. The molecule has 0 N–H and O–H groups in total. The highest BCUT2D eigenvalue weighted by molar-refractivity contribution is 6.25. The topological polar surface area (TPSA) is 0 Å². The van der Waals surface area contributed by atoms with Gasteiger partial charge in [0.1, 0.15) is 0 Å². The van der Waals surface area contributed by atoms with Crippen LogP contribution in [-0.2, 0) is 0 Å². The van der Waals surface area contributed by atoms with E-state index in [-0.39, 0.29) is 0 Å². The van der Waals surface area contributed by atoms with Crippen molar-refractivity contribution in [3.63, 3.8) is 0 Å². The number of hydrogen-bond acceptors (Lipinski definition) is 0. The molecule has 0 unspecified atom stereocenters. The molecule has 0 spiro atoms. The van der Waals surface area contributed by atoms with E-state index in [2.05, 4.69) is 231 Å². The summed E-state index contributed by atoms with van der Waals surface area (Å²) in [6.07, 6.45) is 0. The SMILES string of the molecule is Cc1cccc2c1ccc1cc3c(-c4cccc5c4ccc4cc6c(-c7c8ccccc8c(-c8cccc(-c9ccccc9)c8)c8ccccc78)cccc6cc45)cccc3cc12. The van der Waals surface area contributed by atoms with Crippen LogP contribution in [-0.4, -0.2) is 0 Å². The normalized spacial score (nSPS) is 11.9. The molecule has 0 radical (unpaired) electrons. The van der Waals surface area contributed by atoms with E-state index in [1.54, 1.807) is 0 Å². The van der Waals surface area contributed by atoms with Gasteiger partial charge in [-0.05, 0) is 174 Å². The van der Waals surface area contributed by atoms with Crippen LogP contribution in [0.2, 0.25) is 0 Å². The third-order valence-corrected chi connectivity index (χ3v) is 13.7. The molecular formula is C63H40. The maximum absolute atomic E-state index is 2.43. The Morgan fingerprint density at radius 2 is 0.635 bits per heavy atom. The van der Waals surface area contributed by atoms with E-state index < -0.39 is 0 Å². The third kappa shape index (κ3) is 5.55. The largest absolute Gasteiger partial charge is 0.0622 e. The Kier molecular flexibility index (Phi) is 7.92. The van der Waals surface area contributed by atoms with Crippen LogP contribution in [0.1, 0.15) is 5.56 Å². The summed E-state index contributed by atoms with van der Waals surface area (Å²) >= 11 is 0. The molecule has 0 aliphatic carbocycles. The zero-order valence-corrected chi connectivity index (χ0v) is 34.9. The molecule has 0 atom stereocenters. The summed E-state index contributed by atoms with van der Waals surface area (Å²) in [4.78, 5) is 0. The lowest BCUT2D eigenvalue weighted by Gasteiger charge is -2.19. The van der Waals surface area contributed by atoms with Gasteiger partial charge in [0.15, 0.2) is 0 Å². The van der Waals surface area contributed by atoms with Crippen LogP contribution in [0.4, 0.5) is 0 Å². The average molecular weight is 797 g/mol. The van der Waals surface area contributed by atoms with Crippen LogP contribution in [0.15, 0.2) is 224 Å². The molecule has 0 aromatic heterocycles. The Labute approximate surface area is 365 Å². The van der Waals surface area contributed by atoms with Crippen molar-refractivity contribution in [1.82, 2.24) is 0 Å². The molecule has 0 bridgehead atoms. The fraction of sp³-hybridized carbons (Fsp3) is 0.0159. The van der Waals surface area contributed by atoms with Gasteiger partial charge in [-0.3, -0.25) is 0 Å². The van der Waals surface area contributed by atoms with Crippen molar-refractivity contribution in [2.75, 3.05) is 0 Å². The summed E-state index contributed by atoms with van der Waals surface area (Å²) in [5.74, 6) is 0. The summed E-state index contributed by atoms with van der Waals surface area (Å²) in [6.45, 7) is 2.20. The molecule has 63 heavy (non-hydrogen) atoms. The van der Waals surface area contributed by atoms with Crippen LogP contribution in [0.25, 0.3) is 131 Å². The number of rotatable bonds is 4. The maximum atomic E-state index is 2.43. The fourth-order valence-electron chi connectivity index (χ4n) is 10.8. The zero-order valence-electron chi connectivity index (χ0n) is 34.9. The summed E-state index contributed by atoms with van der Waals surface area (Å²) in [7, 11) is 0. The predicted octanol–water partition coefficient (Wildman–Crippen LogP) is 17.9. The molecule has 13 rings (SSSR count). The Bertz CT molecular complexity index is 3960. The number of aryl methyl sites for hydroxylation is 1. The molecule has 13 aromatic carbocycles. The fourth-order valence-corrected chi connectivity index (χ4v) is 10.8. The van der Waals surface area contributed by atoms with E-state index >= 15 is 0 Å². The van der Waals surface area contributed by atoms with Crippen molar-refractivity contribution in [3.05, 3.63) is 230 Å². The highest BCUT2D eigenvalue weighted by atomic mass is 14.2. The molecule has 0 heterocycles. The molecule has 0 fully saturated rings. The minimum atomic E-state index is 1.22. The van der Waals surface area contributed by atoms with Crippen LogP contribution in [0.5, 0.6) is 0 Å². The minimum Gasteiger partial charge on any atom is -0.0622 e. The molecule has 292 valence electrons. The highest BCUT2D eigenvalue weighted by Crippen LogP contribution is 2.47.